The quantitative estimate of drug-likeness (QED) is 0.727. The van der Waals surface area contributed by atoms with Gasteiger partial charge in [0.05, 0.1) is 38.4 Å². The van der Waals surface area contributed by atoms with Crippen LogP contribution in [0.3, 0.4) is 0 Å². The molecule has 6 heteroatoms. The molecule has 1 aromatic carbocycles. The SMILES string of the molecule is CN(C)c1ccc2ncc(C(=O)O)c(NCC[NH+](C)C)c2c1. The number of nitrogens with zero attached hydrogens (tertiary/aromatic N) is 2. The van der Waals surface area contributed by atoms with Gasteiger partial charge in [-0.15, -0.1) is 0 Å². The van der Waals surface area contributed by atoms with Crippen molar-refractivity contribution in [1.82, 2.24) is 4.98 Å². The first-order chi connectivity index (χ1) is 10.4. The van der Waals surface area contributed by atoms with Crippen molar-refractivity contribution in [1.29, 1.82) is 0 Å². The molecule has 1 aromatic heterocycles. The Morgan fingerprint density at radius 1 is 1.36 bits per heavy atom. The number of likely N-dealkylation sites (N-methyl/N-ethyl adjacent to an activating group) is 1. The molecule has 0 atom stereocenters. The van der Waals surface area contributed by atoms with E-state index in [0.717, 1.165) is 23.1 Å². The molecule has 0 saturated carbocycles. The summed E-state index contributed by atoms with van der Waals surface area (Å²) in [6, 6.07) is 5.86. The van der Waals surface area contributed by atoms with E-state index < -0.39 is 5.97 Å². The fourth-order valence-electron chi connectivity index (χ4n) is 2.25. The van der Waals surface area contributed by atoms with E-state index in [-0.39, 0.29) is 5.56 Å². The zero-order valence-electron chi connectivity index (χ0n) is 13.5. The fraction of sp³-hybridized carbons (Fsp3) is 0.375. The van der Waals surface area contributed by atoms with Gasteiger partial charge in [-0.05, 0) is 18.2 Å². The van der Waals surface area contributed by atoms with Crippen LogP contribution in [0.5, 0.6) is 0 Å². The number of pyridine rings is 1. The number of carbonyl (C=O) groups is 1. The van der Waals surface area contributed by atoms with Gasteiger partial charge in [0.1, 0.15) is 5.56 Å². The lowest BCUT2D eigenvalue weighted by Crippen LogP contribution is -3.06. The monoisotopic (exact) mass is 303 g/mol. The molecule has 0 bridgehead atoms. The zero-order chi connectivity index (χ0) is 16.3. The summed E-state index contributed by atoms with van der Waals surface area (Å²) in [5.41, 5.74) is 2.65. The summed E-state index contributed by atoms with van der Waals surface area (Å²) in [6.07, 6.45) is 1.42. The van der Waals surface area contributed by atoms with Crippen LogP contribution in [0.25, 0.3) is 10.9 Å². The number of benzene rings is 1. The van der Waals surface area contributed by atoms with Crippen molar-refractivity contribution in [3.8, 4) is 0 Å². The van der Waals surface area contributed by atoms with E-state index in [1.165, 1.54) is 11.1 Å². The van der Waals surface area contributed by atoms with Gasteiger partial charge < -0.3 is 20.2 Å². The Kier molecular flexibility index (Phi) is 4.82. The average molecular weight is 303 g/mol. The number of anilines is 2. The summed E-state index contributed by atoms with van der Waals surface area (Å²) < 4.78 is 0. The minimum absolute atomic E-state index is 0.206. The Hall–Kier alpha value is -2.34. The number of rotatable bonds is 6. The molecular formula is C16H23N4O2+. The van der Waals surface area contributed by atoms with Crippen LogP contribution < -0.4 is 15.1 Å². The third-order valence-corrected chi connectivity index (χ3v) is 3.53. The molecule has 0 aliphatic rings. The predicted octanol–water partition coefficient (Wildman–Crippen LogP) is 0.555. The summed E-state index contributed by atoms with van der Waals surface area (Å²) in [5.74, 6) is -0.968. The highest BCUT2D eigenvalue weighted by atomic mass is 16.4. The molecule has 3 N–H and O–H groups in total. The van der Waals surface area contributed by atoms with Gasteiger partial charge in [0.2, 0.25) is 0 Å². The largest absolute Gasteiger partial charge is 0.478 e. The van der Waals surface area contributed by atoms with E-state index in [0.29, 0.717) is 12.2 Å². The highest BCUT2D eigenvalue weighted by molar-refractivity contribution is 6.05. The number of aromatic nitrogens is 1. The highest BCUT2D eigenvalue weighted by Gasteiger charge is 2.15. The smallest absolute Gasteiger partial charge is 0.339 e. The molecular weight excluding hydrogens is 280 g/mol. The average Bonchev–Trinajstić information content (AvgIpc) is 2.45. The van der Waals surface area contributed by atoms with E-state index in [1.54, 1.807) is 0 Å². The van der Waals surface area contributed by atoms with Gasteiger partial charge in [-0.1, -0.05) is 0 Å². The molecule has 2 aromatic rings. The van der Waals surface area contributed by atoms with Crippen molar-refractivity contribution in [2.45, 2.75) is 0 Å². The van der Waals surface area contributed by atoms with Crippen LogP contribution in [-0.2, 0) is 0 Å². The van der Waals surface area contributed by atoms with Crippen LogP contribution in [0, 0.1) is 0 Å². The number of hydrogen-bond acceptors (Lipinski definition) is 4. The van der Waals surface area contributed by atoms with Crippen LogP contribution in [0.4, 0.5) is 11.4 Å². The molecule has 0 radical (unpaired) electrons. The molecule has 0 fully saturated rings. The molecule has 1 heterocycles. The maximum absolute atomic E-state index is 11.5. The van der Waals surface area contributed by atoms with Crippen molar-refractivity contribution in [2.75, 3.05) is 51.5 Å². The van der Waals surface area contributed by atoms with Crippen LogP contribution >= 0.6 is 0 Å². The standard InChI is InChI=1S/C16H22N4O2/c1-19(2)8-7-17-15-12-9-11(20(3)4)5-6-14(12)18-10-13(15)16(21)22/h5-6,9-10H,7-8H2,1-4H3,(H,17,18)(H,21,22)/p+1. The second-order valence-electron chi connectivity index (χ2n) is 5.83. The first kappa shape index (κ1) is 16.0. The number of fused-ring (bicyclic) bond motifs is 1. The number of nitrogens with one attached hydrogen (secondary N) is 2. The van der Waals surface area contributed by atoms with Crippen molar-refractivity contribution < 1.29 is 14.8 Å². The normalized spacial score (nSPS) is 11.0. The fourth-order valence-corrected chi connectivity index (χ4v) is 2.25. The topological polar surface area (TPSA) is 69.9 Å². The Balaban J connectivity index is 2.52. The third-order valence-electron chi connectivity index (χ3n) is 3.53. The first-order valence-electron chi connectivity index (χ1n) is 7.26. The van der Waals surface area contributed by atoms with E-state index >= 15 is 0 Å². The molecule has 0 unspecified atom stereocenters. The number of hydrogen-bond donors (Lipinski definition) is 3. The van der Waals surface area contributed by atoms with E-state index in [2.05, 4.69) is 24.4 Å². The van der Waals surface area contributed by atoms with Gasteiger partial charge in [0.15, 0.2) is 0 Å². The van der Waals surface area contributed by atoms with E-state index in [1.807, 2.05) is 37.2 Å². The number of carboxylic acids is 1. The molecule has 0 aliphatic carbocycles. The van der Waals surface area contributed by atoms with Crippen molar-refractivity contribution >= 4 is 28.2 Å². The minimum Gasteiger partial charge on any atom is -0.478 e. The lowest BCUT2D eigenvalue weighted by atomic mass is 10.1. The van der Waals surface area contributed by atoms with E-state index in [4.69, 9.17) is 0 Å². The Bertz CT molecular complexity index is 683. The molecule has 0 amide bonds. The van der Waals surface area contributed by atoms with Gasteiger partial charge in [0.25, 0.3) is 0 Å². The summed E-state index contributed by atoms with van der Waals surface area (Å²) in [7, 11) is 8.04. The van der Waals surface area contributed by atoms with Crippen molar-refractivity contribution in [2.24, 2.45) is 0 Å². The van der Waals surface area contributed by atoms with Gasteiger partial charge >= 0.3 is 5.97 Å². The van der Waals surface area contributed by atoms with Crippen molar-refractivity contribution in [3.05, 3.63) is 30.0 Å². The molecule has 0 spiro atoms. The summed E-state index contributed by atoms with van der Waals surface area (Å²) in [5, 5.41) is 13.5. The zero-order valence-corrected chi connectivity index (χ0v) is 13.5. The first-order valence-corrected chi connectivity index (χ1v) is 7.26. The molecule has 6 nitrogen and oxygen atoms in total. The highest BCUT2D eigenvalue weighted by Crippen LogP contribution is 2.29. The third kappa shape index (κ3) is 3.46. The van der Waals surface area contributed by atoms with E-state index in [9.17, 15) is 9.90 Å². The Labute approximate surface area is 130 Å². The number of carboxylic acid groups (broad SMARTS) is 1. The predicted molar refractivity (Wildman–Crippen MR) is 89.2 cm³/mol. The molecule has 0 aliphatic heterocycles. The maximum Gasteiger partial charge on any atom is 0.339 e. The minimum atomic E-state index is -0.968. The lowest BCUT2D eigenvalue weighted by Gasteiger charge is -2.17. The second kappa shape index (κ2) is 6.62. The summed E-state index contributed by atoms with van der Waals surface area (Å²) >= 11 is 0. The van der Waals surface area contributed by atoms with Gasteiger partial charge in [-0.3, -0.25) is 4.98 Å². The summed E-state index contributed by atoms with van der Waals surface area (Å²) in [4.78, 5) is 19.0. The van der Waals surface area contributed by atoms with Crippen LogP contribution in [-0.4, -0.2) is 57.3 Å². The Morgan fingerprint density at radius 3 is 2.68 bits per heavy atom. The number of quaternary nitrogens is 1. The maximum atomic E-state index is 11.5. The molecule has 118 valence electrons. The molecule has 0 saturated heterocycles. The second-order valence-corrected chi connectivity index (χ2v) is 5.83. The number of aromatic carboxylic acids is 1. The van der Waals surface area contributed by atoms with Gasteiger partial charge in [0, 0.05) is 31.4 Å². The lowest BCUT2D eigenvalue weighted by molar-refractivity contribution is -0.856. The molecule has 2 rings (SSSR count). The molecule has 22 heavy (non-hydrogen) atoms. The van der Waals surface area contributed by atoms with Crippen LogP contribution in [0.15, 0.2) is 24.4 Å². The van der Waals surface area contributed by atoms with Crippen LogP contribution in [0.1, 0.15) is 10.4 Å². The van der Waals surface area contributed by atoms with Gasteiger partial charge in [-0.2, -0.15) is 0 Å². The summed E-state index contributed by atoms with van der Waals surface area (Å²) in [6.45, 7) is 1.60. The van der Waals surface area contributed by atoms with Crippen LogP contribution in [0.2, 0.25) is 0 Å². The van der Waals surface area contributed by atoms with Gasteiger partial charge in [-0.25, -0.2) is 4.79 Å². The Morgan fingerprint density at radius 2 is 2.09 bits per heavy atom. The van der Waals surface area contributed by atoms with Crippen molar-refractivity contribution in [3.63, 3.8) is 0 Å².